The van der Waals surface area contributed by atoms with Crippen LogP contribution in [0.15, 0.2) is 90.5 Å². The lowest BCUT2D eigenvalue weighted by Crippen LogP contribution is -2.09. The summed E-state index contributed by atoms with van der Waals surface area (Å²) in [7, 11) is 0. The van der Waals surface area contributed by atoms with Crippen molar-refractivity contribution >= 4 is 34.5 Å². The van der Waals surface area contributed by atoms with Gasteiger partial charge in [0.05, 0.1) is 16.4 Å². The van der Waals surface area contributed by atoms with Crippen molar-refractivity contribution in [2.45, 2.75) is 32.6 Å². The summed E-state index contributed by atoms with van der Waals surface area (Å²) >= 11 is 1.36. The highest BCUT2D eigenvalue weighted by Gasteiger charge is 2.21. The fourth-order valence-corrected chi connectivity index (χ4v) is 5.40. The molecular formula is C33H28N4OS. The summed E-state index contributed by atoms with van der Waals surface area (Å²) in [5, 5.41) is 28.6. The van der Waals surface area contributed by atoms with Crippen molar-refractivity contribution in [3.05, 3.63) is 101 Å². The summed E-state index contributed by atoms with van der Waals surface area (Å²) in [6.07, 6.45) is 5.68. The van der Waals surface area contributed by atoms with Gasteiger partial charge in [0, 0.05) is 17.1 Å². The summed E-state index contributed by atoms with van der Waals surface area (Å²) < 4.78 is 6.19. The molecule has 0 saturated carbocycles. The first-order valence-corrected chi connectivity index (χ1v) is 13.7. The van der Waals surface area contributed by atoms with Crippen LogP contribution in [-0.2, 0) is 0 Å². The molecule has 0 spiro atoms. The molecule has 1 heterocycles. The van der Waals surface area contributed by atoms with Crippen LogP contribution in [0.3, 0.4) is 0 Å². The van der Waals surface area contributed by atoms with Crippen LogP contribution in [0, 0.1) is 34.0 Å². The predicted molar refractivity (Wildman–Crippen MR) is 158 cm³/mol. The molecule has 0 fully saturated rings. The number of rotatable bonds is 11. The molecule has 3 aromatic carbocycles. The number of benzene rings is 3. The summed E-state index contributed by atoms with van der Waals surface area (Å²) in [4.78, 5) is 3.54. The molecule has 4 aromatic rings. The maximum Gasteiger partial charge on any atom is 0.156 e. The largest absolute Gasteiger partial charge is 0.491 e. The van der Waals surface area contributed by atoms with Crippen LogP contribution in [0.2, 0.25) is 0 Å². The summed E-state index contributed by atoms with van der Waals surface area (Å²) in [6.45, 7) is 2.66. The van der Waals surface area contributed by atoms with Gasteiger partial charge in [-0.2, -0.15) is 15.8 Å². The Bertz CT molecular complexity index is 1480. The van der Waals surface area contributed by atoms with Crippen molar-refractivity contribution in [1.29, 1.82) is 15.8 Å². The Labute approximate surface area is 234 Å². The Hall–Kier alpha value is -4.83. The van der Waals surface area contributed by atoms with Gasteiger partial charge in [-0.3, -0.25) is 0 Å². The number of hydrogen-bond donors (Lipinski definition) is 0. The fourth-order valence-electron chi connectivity index (χ4n) is 4.25. The van der Waals surface area contributed by atoms with E-state index in [2.05, 4.69) is 54.3 Å². The predicted octanol–water partition coefficient (Wildman–Crippen LogP) is 9.15. The van der Waals surface area contributed by atoms with Crippen molar-refractivity contribution in [2.75, 3.05) is 11.5 Å². The van der Waals surface area contributed by atoms with Gasteiger partial charge in [0.15, 0.2) is 5.75 Å². The van der Waals surface area contributed by atoms with Crippen LogP contribution in [0.1, 0.15) is 43.0 Å². The van der Waals surface area contributed by atoms with E-state index in [-0.39, 0.29) is 5.57 Å². The monoisotopic (exact) mass is 528 g/mol. The smallest absolute Gasteiger partial charge is 0.156 e. The Kier molecular flexibility index (Phi) is 9.52. The molecule has 0 aliphatic heterocycles. The van der Waals surface area contributed by atoms with Gasteiger partial charge in [-0.15, -0.1) is 11.3 Å². The van der Waals surface area contributed by atoms with E-state index in [1.165, 1.54) is 17.4 Å². The second-order valence-corrected chi connectivity index (χ2v) is 9.91. The summed E-state index contributed by atoms with van der Waals surface area (Å²) in [5.74, 6) is 0.510. The average Bonchev–Trinajstić information content (AvgIpc) is 3.34. The first-order valence-electron chi connectivity index (χ1n) is 12.9. The number of hydrogen-bond acceptors (Lipinski definition) is 6. The van der Waals surface area contributed by atoms with E-state index in [4.69, 9.17) is 4.74 Å². The van der Waals surface area contributed by atoms with Crippen molar-refractivity contribution < 1.29 is 4.74 Å². The number of allylic oxidation sites excluding steroid dienone is 1. The molecule has 39 heavy (non-hydrogen) atoms. The molecule has 0 unspecified atom stereocenters. The maximum atomic E-state index is 10.0. The van der Waals surface area contributed by atoms with Crippen molar-refractivity contribution in [3.8, 4) is 34.4 Å². The maximum absolute atomic E-state index is 10.0. The summed E-state index contributed by atoms with van der Waals surface area (Å²) in [6, 6.07) is 34.5. The number of nitrogens with zero attached hydrogens (tertiary/aromatic N) is 4. The van der Waals surface area contributed by atoms with Crippen LogP contribution < -0.4 is 9.64 Å². The minimum atomic E-state index is -0.0505. The van der Waals surface area contributed by atoms with Gasteiger partial charge in [-0.1, -0.05) is 74.7 Å². The number of para-hydroxylation sites is 2. The number of ether oxygens (including phenoxy) is 1. The molecule has 0 aliphatic rings. The molecule has 0 bridgehead atoms. The second-order valence-electron chi connectivity index (χ2n) is 8.86. The molecule has 0 atom stereocenters. The zero-order chi connectivity index (χ0) is 27.5. The number of anilines is 3. The van der Waals surface area contributed by atoms with Gasteiger partial charge in [0.1, 0.15) is 29.3 Å². The first kappa shape index (κ1) is 27.2. The quantitative estimate of drug-likeness (QED) is 0.143. The molecule has 5 nitrogen and oxygen atoms in total. The zero-order valence-corrected chi connectivity index (χ0v) is 22.6. The van der Waals surface area contributed by atoms with E-state index >= 15 is 0 Å². The minimum absolute atomic E-state index is 0.0505. The Balaban J connectivity index is 1.75. The molecule has 4 rings (SSSR count). The first-order chi connectivity index (χ1) is 19.2. The van der Waals surface area contributed by atoms with Crippen molar-refractivity contribution in [2.24, 2.45) is 0 Å². The van der Waals surface area contributed by atoms with Crippen molar-refractivity contribution in [3.63, 3.8) is 0 Å². The molecule has 0 radical (unpaired) electrons. The van der Waals surface area contributed by atoms with Crippen LogP contribution >= 0.6 is 11.3 Å². The summed E-state index contributed by atoms with van der Waals surface area (Å²) in [5.41, 5.74) is 4.29. The van der Waals surface area contributed by atoms with Crippen molar-refractivity contribution in [1.82, 2.24) is 0 Å². The molecule has 0 saturated heterocycles. The fraction of sp³-hybridized carbons (Fsp3) is 0.182. The Morgan fingerprint density at radius 1 is 0.795 bits per heavy atom. The standard InChI is InChI=1S/C33H28N4OS/c1-2-3-4-11-20-38-32-30(24-36)31(21-25(22-34)23-35)39-33(32)26-16-18-29(19-17-26)37(27-12-7-5-8-13-27)28-14-9-6-10-15-28/h5-10,12-19,21H,2-4,11,20H2,1H3. The van der Waals surface area contributed by atoms with Gasteiger partial charge < -0.3 is 9.64 Å². The minimum Gasteiger partial charge on any atom is -0.491 e. The third-order valence-corrected chi connectivity index (χ3v) is 7.35. The van der Waals surface area contributed by atoms with Gasteiger partial charge in [-0.05, 0) is 54.5 Å². The lowest BCUT2D eigenvalue weighted by atomic mass is 10.1. The third-order valence-electron chi connectivity index (χ3n) is 6.18. The molecule has 1 aromatic heterocycles. The lowest BCUT2D eigenvalue weighted by molar-refractivity contribution is 0.306. The number of nitriles is 3. The van der Waals surface area contributed by atoms with E-state index in [1.54, 1.807) is 0 Å². The average molecular weight is 529 g/mol. The van der Waals surface area contributed by atoms with Gasteiger partial charge in [-0.25, -0.2) is 0 Å². The van der Waals surface area contributed by atoms with E-state index in [1.807, 2.05) is 60.7 Å². The van der Waals surface area contributed by atoms with E-state index in [9.17, 15) is 15.8 Å². The normalized spacial score (nSPS) is 10.1. The van der Waals surface area contributed by atoms with Crippen LogP contribution in [0.5, 0.6) is 5.75 Å². The third kappa shape index (κ3) is 6.55. The van der Waals surface area contributed by atoms with Gasteiger partial charge in [0.25, 0.3) is 0 Å². The van der Waals surface area contributed by atoms with Crippen LogP contribution in [0.25, 0.3) is 16.5 Å². The zero-order valence-electron chi connectivity index (χ0n) is 21.8. The molecule has 0 N–H and O–H groups in total. The molecule has 0 aliphatic carbocycles. The Morgan fingerprint density at radius 2 is 1.38 bits per heavy atom. The Morgan fingerprint density at radius 3 is 1.92 bits per heavy atom. The highest BCUT2D eigenvalue weighted by atomic mass is 32.1. The van der Waals surface area contributed by atoms with Gasteiger partial charge in [0.2, 0.25) is 0 Å². The SMILES string of the molecule is CCCCCCOc1c(-c2ccc(N(c3ccccc3)c3ccccc3)cc2)sc(C=C(C#N)C#N)c1C#N. The van der Waals surface area contributed by atoms with Crippen LogP contribution in [0.4, 0.5) is 17.1 Å². The number of thiophene rings is 1. The highest BCUT2D eigenvalue weighted by Crippen LogP contribution is 2.44. The van der Waals surface area contributed by atoms with Gasteiger partial charge >= 0.3 is 0 Å². The topological polar surface area (TPSA) is 83.8 Å². The second kappa shape index (κ2) is 13.6. The molecule has 6 heteroatoms. The lowest BCUT2D eigenvalue weighted by Gasteiger charge is -2.25. The highest BCUT2D eigenvalue weighted by molar-refractivity contribution is 7.17. The van der Waals surface area contributed by atoms with E-state index in [0.717, 1.165) is 53.2 Å². The number of unbranched alkanes of at least 4 members (excludes halogenated alkanes) is 3. The molecule has 0 amide bonds. The van der Waals surface area contributed by atoms with E-state index < -0.39 is 0 Å². The molecule has 192 valence electrons. The van der Waals surface area contributed by atoms with E-state index in [0.29, 0.717) is 22.8 Å². The molecular weight excluding hydrogens is 500 g/mol. The van der Waals surface area contributed by atoms with Crippen LogP contribution in [-0.4, -0.2) is 6.61 Å².